The van der Waals surface area contributed by atoms with Crippen LogP contribution in [0.1, 0.15) is 41.1 Å². The number of carbonyl (C=O) groups is 2. The second-order valence-corrected chi connectivity index (χ2v) is 8.58. The van der Waals surface area contributed by atoms with E-state index in [0.29, 0.717) is 18.5 Å². The molecule has 0 spiro atoms. The van der Waals surface area contributed by atoms with Gasteiger partial charge in [-0.3, -0.25) is 4.79 Å². The number of hydrogen-bond acceptors (Lipinski definition) is 6. The van der Waals surface area contributed by atoms with E-state index in [4.69, 9.17) is 0 Å². The minimum atomic E-state index is -1.02. The van der Waals surface area contributed by atoms with Crippen LogP contribution in [0.5, 0.6) is 0 Å². The van der Waals surface area contributed by atoms with Gasteiger partial charge in [-0.15, -0.1) is 11.3 Å². The van der Waals surface area contributed by atoms with Gasteiger partial charge >= 0.3 is 5.97 Å². The SMILES string of the molecule is Cc1cc2c(NCc3ccc(C(=O)NC(CC(C)C)C(=O)O)cc3)ncnc2s1. The van der Waals surface area contributed by atoms with E-state index in [0.717, 1.165) is 21.6 Å². The predicted molar refractivity (Wildman–Crippen MR) is 114 cm³/mol. The second kappa shape index (κ2) is 9.00. The third-order valence-electron chi connectivity index (χ3n) is 4.44. The van der Waals surface area contributed by atoms with Gasteiger partial charge in [0.15, 0.2) is 0 Å². The Hall–Kier alpha value is -3.00. The maximum atomic E-state index is 12.4. The molecule has 7 nitrogen and oxygen atoms in total. The zero-order valence-electron chi connectivity index (χ0n) is 16.6. The highest BCUT2D eigenvalue weighted by Crippen LogP contribution is 2.27. The van der Waals surface area contributed by atoms with E-state index >= 15 is 0 Å². The van der Waals surface area contributed by atoms with Gasteiger partial charge in [-0.25, -0.2) is 14.8 Å². The van der Waals surface area contributed by atoms with Crippen molar-refractivity contribution in [1.29, 1.82) is 0 Å². The summed E-state index contributed by atoms with van der Waals surface area (Å²) in [6.45, 7) is 6.43. The van der Waals surface area contributed by atoms with Crippen molar-refractivity contribution in [2.75, 3.05) is 5.32 Å². The Balaban J connectivity index is 1.63. The highest BCUT2D eigenvalue weighted by atomic mass is 32.1. The number of aromatic nitrogens is 2. The summed E-state index contributed by atoms with van der Waals surface area (Å²) in [6, 6.07) is 8.26. The van der Waals surface area contributed by atoms with Crippen LogP contribution in [0, 0.1) is 12.8 Å². The first kappa shape index (κ1) is 20.7. The van der Waals surface area contributed by atoms with Gasteiger partial charge in [0.1, 0.15) is 23.0 Å². The number of nitrogens with zero attached hydrogens (tertiary/aromatic N) is 2. The molecule has 0 aliphatic rings. The summed E-state index contributed by atoms with van der Waals surface area (Å²) >= 11 is 1.63. The number of benzene rings is 1. The molecule has 0 saturated carbocycles. The van der Waals surface area contributed by atoms with Gasteiger partial charge in [0.2, 0.25) is 0 Å². The maximum absolute atomic E-state index is 12.4. The van der Waals surface area contributed by atoms with E-state index in [-0.39, 0.29) is 11.8 Å². The molecule has 1 unspecified atom stereocenters. The van der Waals surface area contributed by atoms with Crippen molar-refractivity contribution in [2.24, 2.45) is 5.92 Å². The molecule has 1 aromatic carbocycles. The standard InChI is InChI=1S/C21H24N4O3S/c1-12(2)8-17(21(27)28)25-19(26)15-6-4-14(5-7-15)10-22-18-16-9-13(3)29-20(16)24-11-23-18/h4-7,9,11-12,17H,8,10H2,1-3H3,(H,25,26)(H,27,28)(H,22,23,24). The van der Waals surface area contributed by atoms with Crippen LogP contribution in [0.3, 0.4) is 0 Å². The molecule has 3 aromatic rings. The Morgan fingerprint density at radius 3 is 2.55 bits per heavy atom. The summed E-state index contributed by atoms with van der Waals surface area (Å²) in [4.78, 5) is 34.4. The summed E-state index contributed by atoms with van der Waals surface area (Å²) in [5.41, 5.74) is 1.42. The molecule has 0 fully saturated rings. The lowest BCUT2D eigenvalue weighted by Gasteiger charge is -2.16. The van der Waals surface area contributed by atoms with Gasteiger partial charge in [-0.2, -0.15) is 0 Å². The molecule has 152 valence electrons. The quantitative estimate of drug-likeness (QED) is 0.519. The zero-order valence-corrected chi connectivity index (χ0v) is 17.4. The first-order valence-electron chi connectivity index (χ1n) is 9.41. The average molecular weight is 413 g/mol. The topological polar surface area (TPSA) is 104 Å². The number of aliphatic carboxylic acids is 1. The second-order valence-electron chi connectivity index (χ2n) is 7.34. The van der Waals surface area contributed by atoms with E-state index in [1.54, 1.807) is 29.8 Å². The molecule has 0 aliphatic heterocycles. The van der Waals surface area contributed by atoms with Gasteiger partial charge in [0.05, 0.1) is 5.39 Å². The molecule has 29 heavy (non-hydrogen) atoms. The Morgan fingerprint density at radius 2 is 1.90 bits per heavy atom. The van der Waals surface area contributed by atoms with E-state index in [9.17, 15) is 14.7 Å². The number of fused-ring (bicyclic) bond motifs is 1. The van der Waals surface area contributed by atoms with Crippen LogP contribution in [0.25, 0.3) is 10.2 Å². The molecule has 3 rings (SSSR count). The third-order valence-corrected chi connectivity index (χ3v) is 5.40. The third kappa shape index (κ3) is 5.29. The molecule has 3 N–H and O–H groups in total. The fraction of sp³-hybridized carbons (Fsp3) is 0.333. The van der Waals surface area contributed by atoms with Gasteiger partial charge in [-0.1, -0.05) is 26.0 Å². The van der Waals surface area contributed by atoms with Crippen molar-refractivity contribution < 1.29 is 14.7 Å². The molecular weight excluding hydrogens is 388 g/mol. The molecule has 1 atom stereocenters. The molecule has 0 radical (unpaired) electrons. The Morgan fingerprint density at radius 1 is 1.17 bits per heavy atom. The molecule has 0 bridgehead atoms. The maximum Gasteiger partial charge on any atom is 0.326 e. The van der Waals surface area contributed by atoms with Crippen LogP contribution in [0.2, 0.25) is 0 Å². The van der Waals surface area contributed by atoms with E-state index in [1.165, 1.54) is 4.88 Å². The summed E-state index contributed by atoms with van der Waals surface area (Å²) < 4.78 is 0. The number of nitrogens with one attached hydrogen (secondary N) is 2. The number of hydrogen-bond donors (Lipinski definition) is 3. The van der Waals surface area contributed by atoms with Crippen LogP contribution in [-0.4, -0.2) is 33.0 Å². The van der Waals surface area contributed by atoms with Gasteiger partial charge in [0.25, 0.3) is 5.91 Å². The predicted octanol–water partition coefficient (Wildman–Crippen LogP) is 3.84. The summed E-state index contributed by atoms with van der Waals surface area (Å²) in [5.74, 6) is -0.458. The van der Waals surface area contributed by atoms with Crippen molar-refractivity contribution in [3.63, 3.8) is 0 Å². The molecule has 2 heterocycles. The summed E-state index contributed by atoms with van der Waals surface area (Å²) in [6.07, 6.45) is 1.93. The van der Waals surface area contributed by atoms with E-state index < -0.39 is 12.0 Å². The minimum absolute atomic E-state index is 0.171. The number of amides is 1. The van der Waals surface area contributed by atoms with Crippen LogP contribution in [0.4, 0.5) is 5.82 Å². The highest BCUT2D eigenvalue weighted by molar-refractivity contribution is 7.18. The summed E-state index contributed by atoms with van der Waals surface area (Å²) in [5, 5.41) is 16.2. The van der Waals surface area contributed by atoms with Crippen molar-refractivity contribution in [3.8, 4) is 0 Å². The Bertz CT molecular complexity index is 1010. The van der Waals surface area contributed by atoms with Crippen LogP contribution in [0.15, 0.2) is 36.7 Å². The molecule has 1 amide bonds. The van der Waals surface area contributed by atoms with E-state index in [2.05, 4.69) is 26.7 Å². The first-order chi connectivity index (χ1) is 13.8. The fourth-order valence-electron chi connectivity index (χ4n) is 3.01. The van der Waals surface area contributed by atoms with Crippen LogP contribution < -0.4 is 10.6 Å². The number of carboxylic acids is 1. The van der Waals surface area contributed by atoms with Gasteiger partial charge in [-0.05, 0) is 43.0 Å². The zero-order chi connectivity index (χ0) is 21.0. The normalized spacial score (nSPS) is 12.1. The molecule has 8 heteroatoms. The number of rotatable bonds is 8. The molecular formula is C21H24N4O3S. The fourth-order valence-corrected chi connectivity index (χ4v) is 3.86. The molecule has 0 aliphatic carbocycles. The average Bonchev–Trinajstić information content (AvgIpc) is 3.06. The van der Waals surface area contributed by atoms with Crippen LogP contribution in [-0.2, 0) is 11.3 Å². The number of thiophene rings is 1. The number of anilines is 1. The first-order valence-corrected chi connectivity index (χ1v) is 10.2. The lowest BCUT2D eigenvalue weighted by molar-refractivity contribution is -0.139. The number of carbonyl (C=O) groups excluding carboxylic acids is 1. The van der Waals surface area contributed by atoms with Crippen molar-refractivity contribution in [2.45, 2.75) is 39.8 Å². The summed E-state index contributed by atoms with van der Waals surface area (Å²) in [7, 11) is 0. The lowest BCUT2D eigenvalue weighted by atomic mass is 10.0. The van der Waals surface area contributed by atoms with Gasteiger partial charge < -0.3 is 15.7 Å². The number of carboxylic acid groups (broad SMARTS) is 1. The minimum Gasteiger partial charge on any atom is -0.480 e. The van der Waals surface area contributed by atoms with Crippen LogP contribution >= 0.6 is 11.3 Å². The monoisotopic (exact) mass is 412 g/mol. The van der Waals surface area contributed by atoms with Crippen molar-refractivity contribution >= 4 is 39.2 Å². The van der Waals surface area contributed by atoms with Crippen molar-refractivity contribution in [1.82, 2.24) is 15.3 Å². The largest absolute Gasteiger partial charge is 0.480 e. The van der Waals surface area contributed by atoms with Crippen molar-refractivity contribution in [3.05, 3.63) is 52.7 Å². The highest BCUT2D eigenvalue weighted by Gasteiger charge is 2.21. The smallest absolute Gasteiger partial charge is 0.326 e. The Labute approximate surface area is 173 Å². The lowest BCUT2D eigenvalue weighted by Crippen LogP contribution is -2.41. The Kier molecular flexibility index (Phi) is 6.43. The van der Waals surface area contributed by atoms with E-state index in [1.807, 2.05) is 32.9 Å². The molecule has 2 aromatic heterocycles. The number of aryl methyl sites for hydroxylation is 1. The molecule has 0 saturated heterocycles. The van der Waals surface area contributed by atoms with Gasteiger partial charge in [0, 0.05) is 17.0 Å².